The average Bonchev–Trinajstić information content (AvgIpc) is 1.93. The summed E-state index contributed by atoms with van der Waals surface area (Å²) >= 11 is 0. The van der Waals surface area contributed by atoms with E-state index in [-0.39, 0.29) is 11.5 Å². The first kappa shape index (κ1) is 9.62. The van der Waals surface area contributed by atoms with Crippen LogP contribution in [0.5, 0.6) is 17.2 Å². The Kier molecular flexibility index (Phi) is 2.30. The summed E-state index contributed by atoms with van der Waals surface area (Å²) in [6.07, 6.45) is 0. The molecule has 0 spiro atoms. The number of nitrogens with two attached hydrogens (primary N) is 1. The highest BCUT2D eigenvalue weighted by molar-refractivity contribution is 7.84. The van der Waals surface area contributed by atoms with Crippen LogP contribution in [-0.4, -0.2) is 18.6 Å². The first-order chi connectivity index (χ1) is 5.88. The SMILES string of the molecule is NS(=O)(=O)Oc1ccc(O)cc1O. The number of aromatic hydroxyl groups is 2. The molecule has 0 aromatic heterocycles. The van der Waals surface area contributed by atoms with Crippen LogP contribution in [0.15, 0.2) is 18.2 Å². The van der Waals surface area contributed by atoms with Crippen molar-refractivity contribution in [3.63, 3.8) is 0 Å². The molecule has 0 radical (unpaired) electrons. The molecule has 0 aliphatic carbocycles. The zero-order valence-corrected chi connectivity index (χ0v) is 7.15. The van der Waals surface area contributed by atoms with Gasteiger partial charge in [0.25, 0.3) is 0 Å². The Morgan fingerprint density at radius 3 is 2.38 bits per heavy atom. The normalized spacial score (nSPS) is 11.2. The summed E-state index contributed by atoms with van der Waals surface area (Å²) < 4.78 is 25.0. The van der Waals surface area contributed by atoms with E-state index in [2.05, 4.69) is 9.32 Å². The highest BCUT2D eigenvalue weighted by Crippen LogP contribution is 2.29. The van der Waals surface area contributed by atoms with Crippen molar-refractivity contribution >= 4 is 10.3 Å². The van der Waals surface area contributed by atoms with Crippen molar-refractivity contribution in [1.29, 1.82) is 0 Å². The average molecular weight is 205 g/mol. The van der Waals surface area contributed by atoms with Crippen LogP contribution in [0.1, 0.15) is 0 Å². The minimum Gasteiger partial charge on any atom is -0.508 e. The maximum absolute atomic E-state index is 10.4. The van der Waals surface area contributed by atoms with E-state index in [0.29, 0.717) is 0 Å². The van der Waals surface area contributed by atoms with Gasteiger partial charge in [0.05, 0.1) is 0 Å². The topological polar surface area (TPSA) is 110 Å². The molecule has 4 N–H and O–H groups in total. The molecule has 72 valence electrons. The van der Waals surface area contributed by atoms with E-state index < -0.39 is 16.1 Å². The lowest BCUT2D eigenvalue weighted by Gasteiger charge is -2.04. The van der Waals surface area contributed by atoms with Crippen molar-refractivity contribution in [3.8, 4) is 17.2 Å². The molecular weight excluding hydrogens is 198 g/mol. The molecule has 1 aromatic carbocycles. The van der Waals surface area contributed by atoms with Crippen LogP contribution in [0, 0.1) is 0 Å². The molecule has 0 amide bonds. The fourth-order valence-corrected chi connectivity index (χ4v) is 1.09. The van der Waals surface area contributed by atoms with Crippen LogP contribution in [0.4, 0.5) is 0 Å². The van der Waals surface area contributed by atoms with Gasteiger partial charge in [-0.2, -0.15) is 13.6 Å². The lowest BCUT2D eigenvalue weighted by molar-refractivity contribution is 0.418. The fraction of sp³-hybridized carbons (Fsp3) is 0. The molecule has 6 nitrogen and oxygen atoms in total. The van der Waals surface area contributed by atoms with Crippen molar-refractivity contribution in [2.45, 2.75) is 0 Å². The second kappa shape index (κ2) is 3.11. The third-order valence-corrected chi connectivity index (χ3v) is 1.56. The molecule has 0 heterocycles. The first-order valence-electron chi connectivity index (χ1n) is 3.13. The number of benzene rings is 1. The maximum Gasteiger partial charge on any atom is 0.380 e. The van der Waals surface area contributed by atoms with Crippen LogP contribution >= 0.6 is 0 Å². The Morgan fingerprint density at radius 2 is 1.92 bits per heavy atom. The minimum atomic E-state index is -4.15. The zero-order valence-electron chi connectivity index (χ0n) is 6.34. The molecule has 1 aromatic rings. The fourth-order valence-electron chi connectivity index (χ4n) is 0.701. The summed E-state index contributed by atoms with van der Waals surface area (Å²) in [5, 5.41) is 22.4. The van der Waals surface area contributed by atoms with Gasteiger partial charge in [0, 0.05) is 6.07 Å². The molecule has 0 saturated carbocycles. The molecule has 0 bridgehead atoms. The molecule has 7 heteroatoms. The van der Waals surface area contributed by atoms with Gasteiger partial charge in [0.1, 0.15) is 5.75 Å². The number of hydrogen-bond donors (Lipinski definition) is 3. The smallest absolute Gasteiger partial charge is 0.380 e. The Balaban J connectivity index is 3.04. The molecule has 13 heavy (non-hydrogen) atoms. The van der Waals surface area contributed by atoms with Crippen molar-refractivity contribution in [2.75, 3.05) is 0 Å². The predicted molar refractivity (Wildman–Crippen MR) is 43.5 cm³/mol. The molecule has 0 unspecified atom stereocenters. The summed E-state index contributed by atoms with van der Waals surface area (Å²) in [5.74, 6) is -1.05. The van der Waals surface area contributed by atoms with Gasteiger partial charge in [-0.1, -0.05) is 0 Å². The van der Waals surface area contributed by atoms with Gasteiger partial charge < -0.3 is 14.4 Å². The van der Waals surface area contributed by atoms with Crippen LogP contribution in [0.25, 0.3) is 0 Å². The molecule has 0 saturated heterocycles. The van der Waals surface area contributed by atoms with Crippen LogP contribution < -0.4 is 9.32 Å². The van der Waals surface area contributed by atoms with Crippen molar-refractivity contribution in [1.82, 2.24) is 0 Å². The third-order valence-electron chi connectivity index (χ3n) is 1.15. The lowest BCUT2D eigenvalue weighted by Crippen LogP contribution is -2.18. The second-order valence-electron chi connectivity index (χ2n) is 2.23. The monoisotopic (exact) mass is 205 g/mol. The standard InChI is InChI=1S/C6H7NO5S/c7-13(10,11)12-6-2-1-4(8)3-5(6)9/h1-3,8-9H,(H2,7,10,11). The molecular formula is C6H7NO5S. The Morgan fingerprint density at radius 1 is 1.31 bits per heavy atom. The zero-order chi connectivity index (χ0) is 10.1. The van der Waals surface area contributed by atoms with E-state index in [0.717, 1.165) is 18.2 Å². The van der Waals surface area contributed by atoms with Crippen molar-refractivity contribution in [2.24, 2.45) is 5.14 Å². The van der Waals surface area contributed by atoms with E-state index in [4.69, 9.17) is 10.2 Å². The summed E-state index contributed by atoms with van der Waals surface area (Å²) in [7, 11) is -4.15. The molecule has 1 rings (SSSR count). The minimum absolute atomic E-state index is 0.209. The Labute approximate surface area is 74.4 Å². The summed E-state index contributed by atoms with van der Waals surface area (Å²) in [4.78, 5) is 0. The van der Waals surface area contributed by atoms with Gasteiger partial charge in [-0.3, -0.25) is 0 Å². The van der Waals surface area contributed by atoms with E-state index in [1.807, 2.05) is 0 Å². The highest BCUT2D eigenvalue weighted by Gasteiger charge is 2.09. The van der Waals surface area contributed by atoms with Crippen LogP contribution in [0.2, 0.25) is 0 Å². The molecule has 0 aliphatic rings. The van der Waals surface area contributed by atoms with E-state index in [1.165, 1.54) is 0 Å². The van der Waals surface area contributed by atoms with E-state index in [9.17, 15) is 8.42 Å². The number of hydrogen-bond acceptors (Lipinski definition) is 5. The third kappa shape index (κ3) is 2.80. The largest absolute Gasteiger partial charge is 0.508 e. The quantitative estimate of drug-likeness (QED) is 0.612. The van der Waals surface area contributed by atoms with Crippen molar-refractivity contribution in [3.05, 3.63) is 18.2 Å². The van der Waals surface area contributed by atoms with Gasteiger partial charge in [0.2, 0.25) is 0 Å². The van der Waals surface area contributed by atoms with Crippen molar-refractivity contribution < 1.29 is 22.8 Å². The molecule has 0 aliphatic heterocycles. The number of phenols is 2. The van der Waals surface area contributed by atoms with Crippen LogP contribution in [-0.2, 0) is 10.3 Å². The summed E-state index contributed by atoms with van der Waals surface area (Å²) in [5.41, 5.74) is 0. The maximum atomic E-state index is 10.4. The second-order valence-corrected chi connectivity index (χ2v) is 3.38. The Hall–Kier alpha value is -1.47. The number of rotatable bonds is 2. The molecule has 0 fully saturated rings. The van der Waals surface area contributed by atoms with Crippen LogP contribution in [0.3, 0.4) is 0 Å². The van der Waals surface area contributed by atoms with Gasteiger partial charge in [0.15, 0.2) is 11.5 Å². The Bertz CT molecular complexity index is 413. The highest BCUT2D eigenvalue weighted by atomic mass is 32.2. The van der Waals surface area contributed by atoms with E-state index >= 15 is 0 Å². The van der Waals surface area contributed by atoms with Gasteiger partial charge in [-0.25, -0.2) is 0 Å². The molecule has 0 atom stereocenters. The van der Waals surface area contributed by atoms with Gasteiger partial charge in [-0.05, 0) is 12.1 Å². The summed E-state index contributed by atoms with van der Waals surface area (Å²) in [6.45, 7) is 0. The lowest BCUT2D eigenvalue weighted by atomic mass is 10.3. The van der Waals surface area contributed by atoms with Gasteiger partial charge >= 0.3 is 10.3 Å². The summed E-state index contributed by atoms with van der Waals surface area (Å²) in [6, 6.07) is 3.16. The number of phenolic OH excluding ortho intramolecular Hbond substituents is 2. The predicted octanol–water partition coefficient (Wildman–Crippen LogP) is -0.320. The van der Waals surface area contributed by atoms with Gasteiger partial charge in [-0.15, -0.1) is 0 Å². The van der Waals surface area contributed by atoms with E-state index in [1.54, 1.807) is 0 Å². The first-order valence-corrected chi connectivity index (χ1v) is 4.60.